The molecule has 1 amide bonds. The second-order valence-corrected chi connectivity index (χ2v) is 6.93. The minimum atomic E-state index is -1.53. The van der Waals surface area contributed by atoms with Gasteiger partial charge in [0.2, 0.25) is 0 Å². The van der Waals surface area contributed by atoms with E-state index in [0.717, 1.165) is 6.07 Å². The van der Waals surface area contributed by atoms with Crippen LogP contribution in [0.4, 0.5) is 0 Å². The molecule has 0 bridgehead atoms. The van der Waals surface area contributed by atoms with Crippen molar-refractivity contribution in [1.29, 1.82) is 0 Å². The zero-order chi connectivity index (χ0) is 21.7. The fourth-order valence-electron chi connectivity index (χ4n) is 2.86. The molecule has 0 saturated carbocycles. The fourth-order valence-corrected chi connectivity index (χ4v) is 3.14. The number of aliphatic hydroxyl groups is 1. The Morgan fingerprint density at radius 3 is 2.24 bits per heavy atom. The molecule has 5 N–H and O–H groups in total. The van der Waals surface area contributed by atoms with E-state index >= 15 is 0 Å². The van der Waals surface area contributed by atoms with Crippen molar-refractivity contribution in [2.24, 2.45) is 0 Å². The molecule has 29 heavy (non-hydrogen) atoms. The molecule has 0 spiro atoms. The number of rotatable bonds is 8. The van der Waals surface area contributed by atoms with Gasteiger partial charge in [-0.3, -0.25) is 4.79 Å². The Morgan fingerprint density at radius 1 is 1.10 bits per heavy atom. The lowest BCUT2D eigenvalue weighted by Crippen LogP contribution is -2.42. The molecule has 2 aromatic rings. The van der Waals surface area contributed by atoms with Crippen LogP contribution in [0.3, 0.4) is 0 Å². The molecule has 0 aliphatic rings. The number of amides is 1. The quantitative estimate of drug-likeness (QED) is 0.439. The maximum absolute atomic E-state index is 12.6. The molecule has 0 saturated heterocycles. The SMILES string of the molecule is CC(O)Cc1c(Cl)cc(C(=O)NC(Cc2ccccc2)C(=O)O)c(O)c1C(=O)O. The van der Waals surface area contributed by atoms with E-state index in [2.05, 4.69) is 5.32 Å². The minimum absolute atomic E-state index is 0.0116. The Hall–Kier alpha value is -3.10. The van der Waals surface area contributed by atoms with Gasteiger partial charge in [-0.1, -0.05) is 41.9 Å². The third kappa shape index (κ3) is 5.46. The summed E-state index contributed by atoms with van der Waals surface area (Å²) in [5.74, 6) is -4.66. The summed E-state index contributed by atoms with van der Waals surface area (Å²) in [5.41, 5.74) is -0.442. The second-order valence-electron chi connectivity index (χ2n) is 6.52. The van der Waals surface area contributed by atoms with E-state index in [0.29, 0.717) is 5.56 Å². The minimum Gasteiger partial charge on any atom is -0.506 e. The first kappa shape index (κ1) is 22.2. The molecule has 2 aromatic carbocycles. The van der Waals surface area contributed by atoms with E-state index in [9.17, 15) is 34.8 Å². The highest BCUT2D eigenvalue weighted by molar-refractivity contribution is 6.32. The number of aliphatic carboxylic acids is 1. The average molecular weight is 422 g/mol. The van der Waals surface area contributed by atoms with E-state index in [1.165, 1.54) is 6.92 Å². The Morgan fingerprint density at radius 2 is 1.72 bits per heavy atom. The molecule has 2 atom stereocenters. The molecule has 0 fully saturated rings. The lowest BCUT2D eigenvalue weighted by molar-refractivity contribution is -0.139. The van der Waals surface area contributed by atoms with E-state index in [1.54, 1.807) is 30.3 Å². The van der Waals surface area contributed by atoms with Gasteiger partial charge in [0.1, 0.15) is 17.4 Å². The van der Waals surface area contributed by atoms with Crippen molar-refractivity contribution in [2.75, 3.05) is 0 Å². The molecule has 154 valence electrons. The number of phenols is 1. The zero-order valence-electron chi connectivity index (χ0n) is 15.4. The number of aromatic carboxylic acids is 1. The van der Waals surface area contributed by atoms with Crippen LogP contribution in [0.1, 0.15) is 38.8 Å². The number of carbonyl (C=O) groups is 3. The molecule has 0 radical (unpaired) electrons. The summed E-state index contributed by atoms with van der Waals surface area (Å²) in [6.07, 6.45) is -1.10. The molecule has 0 aromatic heterocycles. The topological polar surface area (TPSA) is 144 Å². The number of carboxylic acids is 2. The Kier molecular flexibility index (Phi) is 7.19. The van der Waals surface area contributed by atoms with Gasteiger partial charge in [0, 0.05) is 17.9 Å². The molecule has 2 rings (SSSR count). The van der Waals surface area contributed by atoms with Gasteiger partial charge < -0.3 is 25.7 Å². The first-order valence-electron chi connectivity index (χ1n) is 8.65. The van der Waals surface area contributed by atoms with Gasteiger partial charge in [-0.25, -0.2) is 9.59 Å². The van der Waals surface area contributed by atoms with Crippen molar-refractivity contribution in [3.63, 3.8) is 0 Å². The number of halogens is 1. The predicted molar refractivity (Wildman–Crippen MR) is 104 cm³/mol. The van der Waals surface area contributed by atoms with Crippen molar-refractivity contribution in [1.82, 2.24) is 5.32 Å². The molecule has 2 unspecified atom stereocenters. The highest BCUT2D eigenvalue weighted by atomic mass is 35.5. The monoisotopic (exact) mass is 421 g/mol. The molecule has 9 heteroatoms. The van der Waals surface area contributed by atoms with Gasteiger partial charge in [-0.15, -0.1) is 0 Å². The normalized spacial score (nSPS) is 12.8. The largest absolute Gasteiger partial charge is 0.506 e. The maximum Gasteiger partial charge on any atom is 0.339 e. The van der Waals surface area contributed by atoms with Crippen LogP contribution in [0.5, 0.6) is 5.75 Å². The summed E-state index contributed by atoms with van der Waals surface area (Å²) < 4.78 is 0. The zero-order valence-corrected chi connectivity index (χ0v) is 16.2. The lowest BCUT2D eigenvalue weighted by atomic mass is 9.97. The number of aliphatic hydroxyl groups excluding tert-OH is 1. The van der Waals surface area contributed by atoms with Gasteiger partial charge in [-0.05, 0) is 24.1 Å². The summed E-state index contributed by atoms with van der Waals surface area (Å²) in [7, 11) is 0. The van der Waals surface area contributed by atoms with Crippen LogP contribution in [0.25, 0.3) is 0 Å². The number of hydrogen-bond donors (Lipinski definition) is 5. The Balaban J connectivity index is 2.38. The van der Waals surface area contributed by atoms with E-state index in [-0.39, 0.29) is 23.4 Å². The molecular weight excluding hydrogens is 402 g/mol. The van der Waals surface area contributed by atoms with Crippen LogP contribution in [0.15, 0.2) is 36.4 Å². The van der Waals surface area contributed by atoms with Gasteiger partial charge >= 0.3 is 11.9 Å². The van der Waals surface area contributed by atoms with Gasteiger partial charge in [0.15, 0.2) is 0 Å². The molecule has 0 heterocycles. The highest BCUT2D eigenvalue weighted by Crippen LogP contribution is 2.33. The third-order valence-corrected chi connectivity index (χ3v) is 4.53. The number of aromatic hydroxyl groups is 1. The average Bonchev–Trinajstić information content (AvgIpc) is 2.63. The van der Waals surface area contributed by atoms with Crippen molar-refractivity contribution in [3.05, 3.63) is 63.7 Å². The summed E-state index contributed by atoms with van der Waals surface area (Å²) in [5, 5.41) is 40.9. The van der Waals surface area contributed by atoms with E-state index < -0.39 is 46.9 Å². The number of carboxylic acid groups (broad SMARTS) is 2. The van der Waals surface area contributed by atoms with Crippen LogP contribution in [0, 0.1) is 0 Å². The third-order valence-electron chi connectivity index (χ3n) is 4.20. The first-order valence-corrected chi connectivity index (χ1v) is 9.02. The summed E-state index contributed by atoms with van der Waals surface area (Å²) in [6.45, 7) is 1.42. The van der Waals surface area contributed by atoms with E-state index in [1.807, 2.05) is 0 Å². The summed E-state index contributed by atoms with van der Waals surface area (Å²) in [4.78, 5) is 35.7. The van der Waals surface area contributed by atoms with Gasteiger partial charge in [-0.2, -0.15) is 0 Å². The van der Waals surface area contributed by atoms with Crippen LogP contribution >= 0.6 is 11.6 Å². The van der Waals surface area contributed by atoms with Crippen LogP contribution < -0.4 is 5.32 Å². The Bertz CT molecular complexity index is 928. The molecular formula is C20H20ClNO7. The number of nitrogens with one attached hydrogen (secondary N) is 1. The van der Waals surface area contributed by atoms with Gasteiger partial charge in [0.25, 0.3) is 5.91 Å². The maximum atomic E-state index is 12.6. The first-order chi connectivity index (χ1) is 13.6. The van der Waals surface area contributed by atoms with Crippen molar-refractivity contribution >= 4 is 29.4 Å². The number of hydrogen-bond acceptors (Lipinski definition) is 5. The van der Waals surface area contributed by atoms with Crippen molar-refractivity contribution < 1.29 is 34.8 Å². The Labute approximate surface area is 171 Å². The second kappa shape index (κ2) is 9.40. The smallest absolute Gasteiger partial charge is 0.339 e. The van der Waals surface area contributed by atoms with Crippen molar-refractivity contribution in [3.8, 4) is 5.75 Å². The number of benzene rings is 2. The highest BCUT2D eigenvalue weighted by Gasteiger charge is 2.28. The van der Waals surface area contributed by atoms with Crippen LogP contribution in [-0.4, -0.2) is 50.4 Å². The molecule has 8 nitrogen and oxygen atoms in total. The van der Waals surface area contributed by atoms with Crippen molar-refractivity contribution in [2.45, 2.75) is 31.9 Å². The summed E-state index contributed by atoms with van der Waals surface area (Å²) in [6, 6.07) is 8.35. The predicted octanol–water partition coefficient (Wildman–Crippen LogP) is 2.09. The van der Waals surface area contributed by atoms with Crippen LogP contribution in [-0.2, 0) is 17.6 Å². The molecule has 0 aliphatic carbocycles. The lowest BCUT2D eigenvalue weighted by Gasteiger charge is -2.18. The standard InChI is InChI=1S/C20H20ClNO7/c1-10(23)7-12-14(21)9-13(17(24)16(12)20(28)29)18(25)22-15(19(26)27)8-11-5-3-2-4-6-11/h2-6,9-10,15,23-24H,7-8H2,1H3,(H,22,25)(H,26,27)(H,28,29). The van der Waals surface area contributed by atoms with Gasteiger partial charge in [0.05, 0.1) is 11.7 Å². The summed E-state index contributed by atoms with van der Waals surface area (Å²) >= 11 is 6.09. The number of carbonyl (C=O) groups excluding carboxylic acids is 1. The van der Waals surface area contributed by atoms with E-state index in [4.69, 9.17) is 11.6 Å². The van der Waals surface area contributed by atoms with Crippen LogP contribution in [0.2, 0.25) is 5.02 Å². The fraction of sp³-hybridized carbons (Fsp3) is 0.250. The molecule has 0 aliphatic heterocycles.